The second-order valence-electron chi connectivity index (χ2n) is 5.15. The van der Waals surface area contributed by atoms with Gasteiger partial charge in [0.25, 0.3) is 5.91 Å². The van der Waals surface area contributed by atoms with Crippen molar-refractivity contribution in [2.45, 2.75) is 0 Å². The van der Waals surface area contributed by atoms with Crippen molar-refractivity contribution in [3.8, 4) is 11.3 Å². The molecule has 0 radical (unpaired) electrons. The molecule has 3 aromatic rings. The Balaban J connectivity index is 1.69. The third kappa shape index (κ3) is 4.21. The molecule has 1 amide bonds. The Morgan fingerprint density at radius 1 is 1.08 bits per heavy atom. The topological polar surface area (TPSA) is 80.6 Å². The number of rotatable bonds is 4. The number of carbonyl (C=O) groups is 1. The molecule has 0 fully saturated rings. The van der Waals surface area contributed by atoms with Gasteiger partial charge in [0.2, 0.25) is 0 Å². The van der Waals surface area contributed by atoms with Crippen molar-refractivity contribution in [3.63, 3.8) is 0 Å². The van der Waals surface area contributed by atoms with E-state index in [0.29, 0.717) is 38.4 Å². The molecular formula is C18H13Cl2N3O2. The molecule has 0 atom stereocenters. The van der Waals surface area contributed by atoms with Gasteiger partial charge in [-0.25, -0.2) is 5.43 Å². The van der Waals surface area contributed by atoms with E-state index in [1.807, 2.05) is 0 Å². The second kappa shape index (κ2) is 7.42. The molecule has 0 bridgehead atoms. The number of anilines is 1. The molecule has 3 N–H and O–H groups in total. The number of hydrogen-bond acceptors (Lipinski definition) is 4. The maximum atomic E-state index is 11.9. The predicted octanol–water partition coefficient (Wildman–Crippen LogP) is 4.60. The van der Waals surface area contributed by atoms with Crippen molar-refractivity contribution in [3.05, 3.63) is 76.0 Å². The normalized spacial score (nSPS) is 11.0. The van der Waals surface area contributed by atoms with Crippen LogP contribution in [0.4, 0.5) is 5.69 Å². The molecule has 5 nitrogen and oxygen atoms in total. The van der Waals surface area contributed by atoms with Crippen LogP contribution in [0.1, 0.15) is 16.1 Å². The SMILES string of the molecule is Nc1ccc(C(=O)N/N=C/c2ccc(-c3cc(Cl)ccc3Cl)o2)cc1. The van der Waals surface area contributed by atoms with Crippen LogP contribution in [0.25, 0.3) is 11.3 Å². The molecule has 0 saturated carbocycles. The van der Waals surface area contributed by atoms with Gasteiger partial charge in [0.1, 0.15) is 11.5 Å². The molecule has 0 aliphatic rings. The maximum Gasteiger partial charge on any atom is 0.271 e. The number of nitrogens with two attached hydrogens (primary N) is 1. The fourth-order valence-electron chi connectivity index (χ4n) is 2.11. The minimum Gasteiger partial charge on any atom is -0.455 e. The van der Waals surface area contributed by atoms with Crippen LogP contribution in [0.15, 0.2) is 64.1 Å². The Bertz CT molecular complexity index is 934. The summed E-state index contributed by atoms with van der Waals surface area (Å²) >= 11 is 12.1. The van der Waals surface area contributed by atoms with Crippen LogP contribution >= 0.6 is 23.2 Å². The number of halogens is 2. The summed E-state index contributed by atoms with van der Waals surface area (Å²) in [5.41, 5.74) is 9.72. The van der Waals surface area contributed by atoms with Gasteiger partial charge in [-0.1, -0.05) is 23.2 Å². The molecule has 2 aromatic carbocycles. The van der Waals surface area contributed by atoms with E-state index in [-0.39, 0.29) is 5.91 Å². The molecule has 0 unspecified atom stereocenters. The van der Waals surface area contributed by atoms with E-state index >= 15 is 0 Å². The van der Waals surface area contributed by atoms with Crippen LogP contribution in [0.3, 0.4) is 0 Å². The molecule has 0 saturated heterocycles. The first-order chi connectivity index (χ1) is 12.0. The number of amides is 1. The summed E-state index contributed by atoms with van der Waals surface area (Å²) in [5.74, 6) is 0.670. The monoisotopic (exact) mass is 373 g/mol. The highest BCUT2D eigenvalue weighted by Crippen LogP contribution is 2.31. The molecule has 1 heterocycles. The molecule has 1 aromatic heterocycles. The highest BCUT2D eigenvalue weighted by atomic mass is 35.5. The van der Waals surface area contributed by atoms with Crippen LogP contribution in [0.5, 0.6) is 0 Å². The fourth-order valence-corrected chi connectivity index (χ4v) is 2.49. The van der Waals surface area contributed by atoms with Crippen molar-refractivity contribution < 1.29 is 9.21 Å². The van der Waals surface area contributed by atoms with Gasteiger partial charge in [-0.15, -0.1) is 0 Å². The van der Waals surface area contributed by atoms with Gasteiger partial charge in [0, 0.05) is 21.8 Å². The minimum absolute atomic E-state index is 0.346. The average molecular weight is 374 g/mol. The first kappa shape index (κ1) is 17.1. The number of furan rings is 1. The lowest BCUT2D eigenvalue weighted by Gasteiger charge is -2.01. The van der Waals surface area contributed by atoms with Gasteiger partial charge in [0.05, 0.1) is 11.2 Å². The van der Waals surface area contributed by atoms with E-state index in [1.165, 1.54) is 6.21 Å². The standard InChI is InChI=1S/C18H13Cl2N3O2/c19-12-3-7-16(20)15(9-12)17-8-6-14(25-17)10-22-23-18(24)11-1-4-13(21)5-2-11/h1-10H,21H2,(H,23,24)/b22-10+. The highest BCUT2D eigenvalue weighted by Gasteiger charge is 2.09. The Morgan fingerprint density at radius 2 is 1.84 bits per heavy atom. The van der Waals surface area contributed by atoms with Gasteiger partial charge in [-0.3, -0.25) is 4.79 Å². The molecule has 0 aliphatic carbocycles. The van der Waals surface area contributed by atoms with Crippen LogP contribution < -0.4 is 11.2 Å². The second-order valence-corrected chi connectivity index (χ2v) is 5.99. The van der Waals surface area contributed by atoms with Crippen molar-refractivity contribution in [2.24, 2.45) is 5.10 Å². The van der Waals surface area contributed by atoms with Crippen molar-refractivity contribution in [1.29, 1.82) is 0 Å². The summed E-state index contributed by atoms with van der Waals surface area (Å²) in [6.45, 7) is 0. The smallest absolute Gasteiger partial charge is 0.271 e. The molecule has 126 valence electrons. The van der Waals surface area contributed by atoms with Gasteiger partial charge in [-0.2, -0.15) is 5.10 Å². The molecule has 0 aliphatic heterocycles. The zero-order valence-electron chi connectivity index (χ0n) is 12.9. The average Bonchev–Trinajstić information content (AvgIpc) is 3.06. The number of hydrogen-bond donors (Lipinski definition) is 2. The van der Waals surface area contributed by atoms with Gasteiger partial charge in [-0.05, 0) is 54.6 Å². The summed E-state index contributed by atoms with van der Waals surface area (Å²) in [6, 6.07) is 15.1. The number of carbonyl (C=O) groups excluding carboxylic acids is 1. The van der Waals surface area contributed by atoms with E-state index in [1.54, 1.807) is 54.6 Å². The van der Waals surface area contributed by atoms with E-state index < -0.39 is 0 Å². The van der Waals surface area contributed by atoms with Crippen molar-refractivity contribution in [1.82, 2.24) is 5.43 Å². The molecule has 0 spiro atoms. The van der Waals surface area contributed by atoms with Gasteiger partial charge >= 0.3 is 0 Å². The zero-order valence-corrected chi connectivity index (χ0v) is 14.4. The highest BCUT2D eigenvalue weighted by molar-refractivity contribution is 6.35. The lowest BCUT2D eigenvalue weighted by Crippen LogP contribution is -2.17. The largest absolute Gasteiger partial charge is 0.455 e. The van der Waals surface area contributed by atoms with Gasteiger partial charge in [0.15, 0.2) is 0 Å². The van der Waals surface area contributed by atoms with Crippen LogP contribution in [-0.2, 0) is 0 Å². The fraction of sp³-hybridized carbons (Fsp3) is 0. The minimum atomic E-state index is -0.346. The first-order valence-electron chi connectivity index (χ1n) is 7.27. The Labute approximate surface area is 154 Å². The summed E-state index contributed by atoms with van der Waals surface area (Å²) in [4.78, 5) is 11.9. The number of benzene rings is 2. The van der Waals surface area contributed by atoms with E-state index in [0.717, 1.165) is 0 Å². The van der Waals surface area contributed by atoms with E-state index in [2.05, 4.69) is 10.5 Å². The van der Waals surface area contributed by atoms with E-state index in [9.17, 15) is 4.79 Å². The van der Waals surface area contributed by atoms with Gasteiger partial charge < -0.3 is 10.2 Å². The number of hydrazone groups is 1. The van der Waals surface area contributed by atoms with Crippen LogP contribution in [0, 0.1) is 0 Å². The summed E-state index contributed by atoms with van der Waals surface area (Å²) in [7, 11) is 0. The molecule has 25 heavy (non-hydrogen) atoms. The van der Waals surface area contributed by atoms with Crippen LogP contribution in [-0.4, -0.2) is 12.1 Å². The molecular weight excluding hydrogens is 361 g/mol. The maximum absolute atomic E-state index is 11.9. The lowest BCUT2D eigenvalue weighted by atomic mass is 10.2. The molecule has 3 rings (SSSR count). The van der Waals surface area contributed by atoms with Crippen molar-refractivity contribution >= 4 is 41.0 Å². The zero-order chi connectivity index (χ0) is 17.8. The Morgan fingerprint density at radius 3 is 2.60 bits per heavy atom. The first-order valence-corrected chi connectivity index (χ1v) is 8.03. The third-order valence-electron chi connectivity index (χ3n) is 3.35. The third-order valence-corrected chi connectivity index (χ3v) is 3.92. The Kier molecular flexibility index (Phi) is 5.07. The Hall–Kier alpha value is -2.76. The predicted molar refractivity (Wildman–Crippen MR) is 100 cm³/mol. The quantitative estimate of drug-likeness (QED) is 0.398. The van der Waals surface area contributed by atoms with E-state index in [4.69, 9.17) is 33.4 Å². The summed E-state index contributed by atoms with van der Waals surface area (Å²) in [6.07, 6.45) is 1.40. The lowest BCUT2D eigenvalue weighted by molar-refractivity contribution is 0.0955. The molecule has 7 heteroatoms. The number of nitrogens with zero attached hydrogens (tertiary/aromatic N) is 1. The van der Waals surface area contributed by atoms with Crippen molar-refractivity contribution in [2.75, 3.05) is 5.73 Å². The van der Waals surface area contributed by atoms with Crippen LogP contribution in [0.2, 0.25) is 10.0 Å². The summed E-state index contributed by atoms with van der Waals surface area (Å²) < 4.78 is 5.65. The number of nitrogen functional groups attached to an aromatic ring is 1. The summed E-state index contributed by atoms with van der Waals surface area (Å²) in [5, 5.41) is 4.96. The number of nitrogens with one attached hydrogen (secondary N) is 1.